The highest BCUT2D eigenvalue weighted by Crippen LogP contribution is 2.33. The SMILES string of the molecule is COc1ccc(OC)c(N(CCC(=O)NC2CCCCC2)S(C)(=O)=O)c1. The van der Waals surface area contributed by atoms with Crippen molar-refractivity contribution in [2.45, 2.75) is 44.6 Å². The summed E-state index contributed by atoms with van der Waals surface area (Å²) in [5.41, 5.74) is 0.361. The smallest absolute Gasteiger partial charge is 0.232 e. The minimum Gasteiger partial charge on any atom is -0.497 e. The lowest BCUT2D eigenvalue weighted by Crippen LogP contribution is -2.39. The highest BCUT2D eigenvalue weighted by atomic mass is 32.2. The van der Waals surface area contributed by atoms with Gasteiger partial charge in [0.15, 0.2) is 0 Å². The molecule has 1 saturated carbocycles. The summed E-state index contributed by atoms with van der Waals surface area (Å²) in [6, 6.07) is 5.14. The Labute approximate surface area is 155 Å². The summed E-state index contributed by atoms with van der Waals surface area (Å²) >= 11 is 0. The van der Waals surface area contributed by atoms with Crippen LogP contribution in [0.5, 0.6) is 11.5 Å². The first kappa shape index (κ1) is 20.4. The molecule has 0 aliphatic heterocycles. The zero-order chi connectivity index (χ0) is 19.2. The van der Waals surface area contributed by atoms with E-state index >= 15 is 0 Å². The van der Waals surface area contributed by atoms with Crippen LogP contribution in [0.15, 0.2) is 18.2 Å². The summed E-state index contributed by atoms with van der Waals surface area (Å²) in [5.74, 6) is 0.789. The number of amides is 1. The Morgan fingerprint density at radius 1 is 1.19 bits per heavy atom. The van der Waals surface area contributed by atoms with E-state index in [1.807, 2.05) is 0 Å². The molecule has 1 amide bonds. The van der Waals surface area contributed by atoms with E-state index in [9.17, 15) is 13.2 Å². The topological polar surface area (TPSA) is 84.9 Å². The van der Waals surface area contributed by atoms with Gasteiger partial charge in [-0.05, 0) is 25.0 Å². The van der Waals surface area contributed by atoms with Gasteiger partial charge in [0.05, 0.1) is 26.2 Å². The molecule has 0 atom stereocenters. The first-order valence-corrected chi connectivity index (χ1v) is 10.7. The number of nitrogens with one attached hydrogen (secondary N) is 1. The summed E-state index contributed by atoms with van der Waals surface area (Å²) in [4.78, 5) is 12.3. The van der Waals surface area contributed by atoms with E-state index in [0.29, 0.717) is 17.2 Å². The monoisotopic (exact) mass is 384 g/mol. The third kappa shape index (κ3) is 5.52. The van der Waals surface area contributed by atoms with Crippen molar-refractivity contribution in [3.05, 3.63) is 18.2 Å². The predicted octanol–water partition coefficient (Wildman–Crippen LogP) is 2.31. The van der Waals surface area contributed by atoms with Crippen molar-refractivity contribution >= 4 is 21.6 Å². The Bertz CT molecular complexity index is 714. The van der Waals surface area contributed by atoms with Crippen LogP contribution in [0.25, 0.3) is 0 Å². The van der Waals surface area contributed by atoms with E-state index in [0.717, 1.165) is 31.9 Å². The number of rotatable bonds is 8. The summed E-state index contributed by atoms with van der Waals surface area (Å²) in [6.07, 6.45) is 6.65. The maximum Gasteiger partial charge on any atom is 0.232 e. The molecule has 1 N–H and O–H groups in total. The fourth-order valence-corrected chi connectivity index (χ4v) is 4.13. The number of sulfonamides is 1. The lowest BCUT2D eigenvalue weighted by Gasteiger charge is -2.26. The molecule has 0 aromatic heterocycles. The van der Waals surface area contributed by atoms with Crippen molar-refractivity contribution in [3.8, 4) is 11.5 Å². The van der Waals surface area contributed by atoms with Gasteiger partial charge in [0, 0.05) is 25.1 Å². The van der Waals surface area contributed by atoms with Gasteiger partial charge >= 0.3 is 0 Å². The van der Waals surface area contributed by atoms with Crippen molar-refractivity contribution in [2.24, 2.45) is 0 Å². The third-order valence-corrected chi connectivity index (χ3v) is 5.75. The third-order valence-electron chi connectivity index (χ3n) is 4.57. The molecule has 0 radical (unpaired) electrons. The highest BCUT2D eigenvalue weighted by molar-refractivity contribution is 7.92. The van der Waals surface area contributed by atoms with Crippen molar-refractivity contribution in [1.82, 2.24) is 5.32 Å². The molecule has 1 aromatic carbocycles. The molecule has 8 heteroatoms. The van der Waals surface area contributed by atoms with Gasteiger partial charge in [0.1, 0.15) is 11.5 Å². The second kappa shape index (κ2) is 9.12. The van der Waals surface area contributed by atoms with E-state index in [1.54, 1.807) is 18.2 Å². The van der Waals surface area contributed by atoms with Crippen LogP contribution < -0.4 is 19.1 Å². The van der Waals surface area contributed by atoms with Gasteiger partial charge in [0.2, 0.25) is 15.9 Å². The molecule has 1 aliphatic rings. The largest absolute Gasteiger partial charge is 0.497 e. The molecule has 146 valence electrons. The zero-order valence-electron chi connectivity index (χ0n) is 15.7. The van der Waals surface area contributed by atoms with Crippen molar-refractivity contribution < 1.29 is 22.7 Å². The average Bonchev–Trinajstić information content (AvgIpc) is 2.61. The number of carbonyl (C=O) groups excluding carboxylic acids is 1. The Hall–Kier alpha value is -1.96. The summed E-state index contributed by atoms with van der Waals surface area (Å²) < 4.78 is 36.3. The Morgan fingerprint density at radius 3 is 2.46 bits per heavy atom. The Morgan fingerprint density at radius 2 is 1.88 bits per heavy atom. The molecule has 0 bridgehead atoms. The number of hydrogen-bond acceptors (Lipinski definition) is 5. The van der Waals surface area contributed by atoms with E-state index in [-0.39, 0.29) is 24.9 Å². The maximum atomic E-state index is 12.3. The fourth-order valence-electron chi connectivity index (χ4n) is 3.21. The fraction of sp³-hybridized carbons (Fsp3) is 0.611. The molecular formula is C18H28N2O5S. The van der Waals surface area contributed by atoms with Crippen LogP contribution in [0, 0.1) is 0 Å². The number of benzene rings is 1. The first-order chi connectivity index (χ1) is 12.3. The molecule has 1 fully saturated rings. The average molecular weight is 384 g/mol. The Balaban J connectivity index is 2.12. The number of nitrogens with zero attached hydrogens (tertiary/aromatic N) is 1. The lowest BCUT2D eigenvalue weighted by molar-refractivity contribution is -0.121. The molecule has 7 nitrogen and oxygen atoms in total. The molecule has 0 unspecified atom stereocenters. The van der Waals surface area contributed by atoms with E-state index in [1.165, 1.54) is 24.9 Å². The van der Waals surface area contributed by atoms with Crippen LogP contribution in [-0.4, -0.2) is 47.4 Å². The van der Waals surface area contributed by atoms with Crippen molar-refractivity contribution in [1.29, 1.82) is 0 Å². The summed E-state index contributed by atoms with van der Waals surface area (Å²) in [5, 5.41) is 3.01. The molecule has 1 aliphatic carbocycles. The molecule has 26 heavy (non-hydrogen) atoms. The van der Waals surface area contributed by atoms with Gasteiger partial charge in [0.25, 0.3) is 0 Å². The van der Waals surface area contributed by atoms with E-state index in [2.05, 4.69) is 5.32 Å². The summed E-state index contributed by atoms with van der Waals surface area (Å²) in [6.45, 7) is 0.0426. The van der Waals surface area contributed by atoms with E-state index in [4.69, 9.17) is 9.47 Å². The number of hydrogen-bond donors (Lipinski definition) is 1. The maximum absolute atomic E-state index is 12.3. The van der Waals surface area contributed by atoms with Crippen molar-refractivity contribution in [3.63, 3.8) is 0 Å². The normalized spacial score (nSPS) is 15.3. The van der Waals surface area contributed by atoms with Crippen LogP contribution in [0.2, 0.25) is 0 Å². The standard InChI is InChI=1S/C18H28N2O5S/c1-24-15-9-10-17(25-2)16(13-15)20(26(3,22)23)12-11-18(21)19-14-7-5-4-6-8-14/h9-10,13-14H,4-8,11-12H2,1-3H3,(H,19,21). The number of methoxy groups -OCH3 is 2. The van der Waals surface area contributed by atoms with Crippen LogP contribution in [0.1, 0.15) is 38.5 Å². The quantitative estimate of drug-likeness (QED) is 0.743. The van der Waals surface area contributed by atoms with Crippen LogP contribution in [0.3, 0.4) is 0 Å². The van der Waals surface area contributed by atoms with Crippen LogP contribution >= 0.6 is 0 Å². The van der Waals surface area contributed by atoms with Gasteiger partial charge in [-0.3, -0.25) is 9.10 Å². The molecule has 0 heterocycles. The van der Waals surface area contributed by atoms with Crippen LogP contribution in [-0.2, 0) is 14.8 Å². The molecule has 0 saturated heterocycles. The molecule has 0 spiro atoms. The number of ether oxygens (including phenoxy) is 2. The number of carbonyl (C=O) groups is 1. The van der Waals surface area contributed by atoms with Gasteiger partial charge in [-0.15, -0.1) is 0 Å². The van der Waals surface area contributed by atoms with E-state index < -0.39 is 10.0 Å². The predicted molar refractivity (Wildman–Crippen MR) is 101 cm³/mol. The lowest BCUT2D eigenvalue weighted by atomic mass is 9.95. The minimum absolute atomic E-state index is 0.0426. The van der Waals surface area contributed by atoms with Crippen LogP contribution in [0.4, 0.5) is 5.69 Å². The molecule has 2 rings (SSSR count). The first-order valence-electron chi connectivity index (χ1n) is 8.84. The molecular weight excluding hydrogens is 356 g/mol. The zero-order valence-corrected chi connectivity index (χ0v) is 16.5. The number of anilines is 1. The van der Waals surface area contributed by atoms with Gasteiger partial charge in [-0.1, -0.05) is 19.3 Å². The highest BCUT2D eigenvalue weighted by Gasteiger charge is 2.23. The second-order valence-corrected chi connectivity index (χ2v) is 8.43. The van der Waals surface area contributed by atoms with Crippen molar-refractivity contribution in [2.75, 3.05) is 31.3 Å². The summed E-state index contributed by atoms with van der Waals surface area (Å²) in [7, 11) is -0.605. The van der Waals surface area contributed by atoms with Gasteiger partial charge < -0.3 is 14.8 Å². The second-order valence-electron chi connectivity index (χ2n) is 6.53. The minimum atomic E-state index is -3.59. The van der Waals surface area contributed by atoms with Gasteiger partial charge in [-0.2, -0.15) is 0 Å². The van der Waals surface area contributed by atoms with Gasteiger partial charge in [-0.25, -0.2) is 8.42 Å². The molecule has 1 aromatic rings. The Kier molecular flexibility index (Phi) is 7.14.